The van der Waals surface area contributed by atoms with Crippen LogP contribution in [0.4, 0.5) is 5.69 Å². The first-order valence-electron chi connectivity index (χ1n) is 5.93. The fourth-order valence-electron chi connectivity index (χ4n) is 1.49. The monoisotopic (exact) mass is 237 g/mol. The van der Waals surface area contributed by atoms with Crippen molar-refractivity contribution in [1.82, 2.24) is 0 Å². The van der Waals surface area contributed by atoms with Crippen LogP contribution in [0, 0.1) is 6.92 Å². The number of aryl methyl sites for hydroxylation is 1. The topological polar surface area (TPSA) is 12.4 Å². The Morgan fingerprint density at radius 3 is 2.61 bits per heavy atom. The van der Waals surface area contributed by atoms with Crippen LogP contribution in [0.25, 0.3) is 0 Å². The van der Waals surface area contributed by atoms with Crippen molar-refractivity contribution in [3.05, 3.63) is 78.4 Å². The van der Waals surface area contributed by atoms with Crippen LogP contribution in [0.2, 0.25) is 0 Å². The molecule has 0 aliphatic heterocycles. The number of nitrogens with zero attached hydrogens (tertiary/aromatic N) is 1. The van der Waals surface area contributed by atoms with Crippen molar-refractivity contribution in [1.29, 1.82) is 0 Å². The molecule has 92 valence electrons. The molecule has 0 heterocycles. The molecule has 1 heteroatoms. The molecule has 0 saturated heterocycles. The van der Waals surface area contributed by atoms with Crippen LogP contribution >= 0.6 is 0 Å². The molecule has 0 N–H and O–H groups in total. The second-order valence-corrected chi connectivity index (χ2v) is 3.91. The fourth-order valence-corrected chi connectivity index (χ4v) is 1.49. The van der Waals surface area contributed by atoms with Crippen LogP contribution in [0.5, 0.6) is 0 Å². The molecule has 0 aliphatic rings. The van der Waals surface area contributed by atoms with Crippen LogP contribution in [-0.4, -0.2) is 6.21 Å². The number of aliphatic imine (C=N–C) groups is 1. The lowest BCUT2D eigenvalue weighted by Crippen LogP contribution is -1.86. The van der Waals surface area contributed by atoms with Crippen molar-refractivity contribution in [2.45, 2.75) is 13.8 Å². The average Bonchev–Trinajstić information content (AvgIpc) is 2.38. The summed E-state index contributed by atoms with van der Waals surface area (Å²) in [7, 11) is 0. The number of rotatable bonds is 5. The van der Waals surface area contributed by atoms with Crippen LogP contribution in [0.3, 0.4) is 0 Å². The number of para-hydroxylation sites is 1. The zero-order chi connectivity index (χ0) is 13.4. The number of allylic oxidation sites excluding steroid dienone is 6. The van der Waals surface area contributed by atoms with E-state index in [1.165, 1.54) is 0 Å². The first kappa shape index (κ1) is 13.9. The predicted molar refractivity (Wildman–Crippen MR) is 81.6 cm³/mol. The minimum atomic E-state index is 0.888. The summed E-state index contributed by atoms with van der Waals surface area (Å²) in [4.78, 5) is 4.46. The third kappa shape index (κ3) is 4.02. The normalized spacial score (nSPS) is 12.2. The summed E-state index contributed by atoms with van der Waals surface area (Å²) in [6.07, 6.45) is 9.41. The summed E-state index contributed by atoms with van der Waals surface area (Å²) in [5.41, 5.74) is 4.07. The third-order valence-electron chi connectivity index (χ3n) is 2.57. The zero-order valence-electron chi connectivity index (χ0n) is 11.1. The van der Waals surface area contributed by atoms with Crippen LogP contribution < -0.4 is 0 Å². The lowest BCUT2D eigenvalue weighted by Gasteiger charge is -2.01. The van der Waals surface area contributed by atoms with E-state index in [9.17, 15) is 0 Å². The maximum absolute atomic E-state index is 4.46. The highest BCUT2D eigenvalue weighted by molar-refractivity contribution is 5.87. The summed E-state index contributed by atoms with van der Waals surface area (Å²) in [5.74, 6) is 0. The van der Waals surface area contributed by atoms with Crippen molar-refractivity contribution in [2.24, 2.45) is 4.99 Å². The Morgan fingerprint density at radius 1 is 1.28 bits per heavy atom. The molecule has 0 radical (unpaired) electrons. The fraction of sp³-hybridized carbons (Fsp3) is 0.118. The van der Waals surface area contributed by atoms with E-state index in [0.717, 1.165) is 22.4 Å². The van der Waals surface area contributed by atoms with Gasteiger partial charge in [0.15, 0.2) is 0 Å². The van der Waals surface area contributed by atoms with Crippen molar-refractivity contribution in [3.8, 4) is 0 Å². The summed E-state index contributed by atoms with van der Waals surface area (Å²) in [6, 6.07) is 8.03. The molecule has 0 saturated carbocycles. The molecule has 1 rings (SSSR count). The minimum Gasteiger partial charge on any atom is -0.256 e. The van der Waals surface area contributed by atoms with E-state index in [1.54, 1.807) is 12.3 Å². The Hall–Kier alpha value is -2.15. The van der Waals surface area contributed by atoms with Crippen molar-refractivity contribution < 1.29 is 0 Å². The highest BCUT2D eigenvalue weighted by Crippen LogP contribution is 2.17. The Kier molecular flexibility index (Phi) is 5.59. The predicted octanol–water partition coefficient (Wildman–Crippen LogP) is 4.94. The zero-order valence-corrected chi connectivity index (χ0v) is 11.1. The van der Waals surface area contributed by atoms with Gasteiger partial charge in [-0.2, -0.15) is 0 Å². The van der Waals surface area contributed by atoms with Crippen molar-refractivity contribution in [2.75, 3.05) is 0 Å². The van der Waals surface area contributed by atoms with Gasteiger partial charge in [0, 0.05) is 6.21 Å². The molecular formula is C17H19N. The van der Waals surface area contributed by atoms with Crippen molar-refractivity contribution in [3.63, 3.8) is 0 Å². The van der Waals surface area contributed by atoms with E-state index < -0.39 is 0 Å². The first-order valence-corrected chi connectivity index (χ1v) is 5.93. The Balaban J connectivity index is 2.85. The number of hydrogen-bond donors (Lipinski definition) is 0. The molecule has 0 aromatic heterocycles. The standard InChI is InChI=1S/C17H19N/c1-5-7-11-16(6-2)15(4)13-18-17-12-9-8-10-14(17)3/h5-13H,1,4H2,2-3H3/b11-7-,16-6+,18-13-. The Morgan fingerprint density at radius 2 is 2.00 bits per heavy atom. The van der Waals surface area contributed by atoms with Gasteiger partial charge in [-0.1, -0.05) is 55.7 Å². The van der Waals surface area contributed by atoms with Gasteiger partial charge in [-0.25, -0.2) is 0 Å². The number of benzene rings is 1. The van der Waals surface area contributed by atoms with Gasteiger partial charge in [0.2, 0.25) is 0 Å². The molecule has 18 heavy (non-hydrogen) atoms. The molecule has 1 aromatic rings. The third-order valence-corrected chi connectivity index (χ3v) is 2.57. The molecule has 0 bridgehead atoms. The smallest absolute Gasteiger partial charge is 0.0659 e. The molecule has 1 nitrogen and oxygen atoms in total. The lowest BCUT2D eigenvalue weighted by molar-refractivity contribution is 1.40. The largest absolute Gasteiger partial charge is 0.256 e. The molecule has 0 aliphatic carbocycles. The molecule has 0 unspecified atom stereocenters. The summed E-state index contributed by atoms with van der Waals surface area (Å²) in [5, 5.41) is 0. The summed E-state index contributed by atoms with van der Waals surface area (Å²) in [6.45, 7) is 11.7. The van der Waals surface area contributed by atoms with Gasteiger partial charge in [-0.3, -0.25) is 4.99 Å². The van der Waals surface area contributed by atoms with Gasteiger partial charge in [0.25, 0.3) is 0 Å². The van der Waals surface area contributed by atoms with E-state index in [2.05, 4.69) is 18.2 Å². The van der Waals surface area contributed by atoms with E-state index in [0.29, 0.717) is 0 Å². The Labute approximate surface area is 110 Å². The van der Waals surface area contributed by atoms with Crippen LogP contribution in [-0.2, 0) is 0 Å². The molecule has 0 spiro atoms. The van der Waals surface area contributed by atoms with E-state index in [1.807, 2.05) is 56.3 Å². The number of hydrogen-bond acceptors (Lipinski definition) is 1. The molecule has 0 atom stereocenters. The lowest BCUT2D eigenvalue weighted by atomic mass is 10.1. The summed E-state index contributed by atoms with van der Waals surface area (Å²) >= 11 is 0. The van der Waals surface area contributed by atoms with E-state index >= 15 is 0 Å². The SMILES string of the molecule is C=C/C=C\C(=C/C)C(=C)/C=N\c1ccccc1C. The highest BCUT2D eigenvalue weighted by atomic mass is 14.7. The average molecular weight is 237 g/mol. The van der Waals surface area contributed by atoms with E-state index in [-0.39, 0.29) is 0 Å². The van der Waals surface area contributed by atoms with Gasteiger partial charge in [0.1, 0.15) is 0 Å². The second-order valence-electron chi connectivity index (χ2n) is 3.91. The van der Waals surface area contributed by atoms with Gasteiger partial charge in [-0.15, -0.1) is 0 Å². The van der Waals surface area contributed by atoms with Crippen LogP contribution in [0.1, 0.15) is 12.5 Å². The highest BCUT2D eigenvalue weighted by Gasteiger charge is 1.96. The maximum atomic E-state index is 4.46. The van der Waals surface area contributed by atoms with Gasteiger partial charge in [0.05, 0.1) is 5.69 Å². The molecule has 0 fully saturated rings. The molecular weight excluding hydrogens is 218 g/mol. The van der Waals surface area contributed by atoms with Gasteiger partial charge in [-0.05, 0) is 36.6 Å². The molecule has 0 amide bonds. The summed E-state index contributed by atoms with van der Waals surface area (Å²) < 4.78 is 0. The minimum absolute atomic E-state index is 0.888. The van der Waals surface area contributed by atoms with Crippen LogP contribution in [0.15, 0.2) is 77.9 Å². The van der Waals surface area contributed by atoms with Crippen molar-refractivity contribution >= 4 is 11.9 Å². The Bertz CT molecular complexity index is 516. The second kappa shape index (κ2) is 7.23. The van der Waals surface area contributed by atoms with Gasteiger partial charge < -0.3 is 0 Å². The first-order chi connectivity index (χ1) is 8.69. The van der Waals surface area contributed by atoms with Gasteiger partial charge >= 0.3 is 0 Å². The van der Waals surface area contributed by atoms with E-state index in [4.69, 9.17) is 0 Å². The molecule has 1 aromatic carbocycles. The quantitative estimate of drug-likeness (QED) is 0.508. The maximum Gasteiger partial charge on any atom is 0.0659 e.